The second kappa shape index (κ2) is 9.15. The standard InChI is InChI=1S/C20H13F7N2O2S/c21-13-5-2-4-12(10-13)18-29-16(19(22,23)24)15(32-18)17(30)28-8-7-11-3-1-6-14(9-11)31-20(25,26)27/h1-6,9-10H,7-8H2,(H,28,30). The molecule has 0 unspecified atom stereocenters. The topological polar surface area (TPSA) is 51.2 Å². The number of halogens is 7. The van der Waals surface area contributed by atoms with E-state index in [0.717, 1.165) is 24.3 Å². The first-order valence-electron chi connectivity index (χ1n) is 8.89. The highest BCUT2D eigenvalue weighted by Gasteiger charge is 2.39. The fourth-order valence-electron chi connectivity index (χ4n) is 2.71. The Bertz CT molecular complexity index is 1110. The molecule has 0 aliphatic rings. The Hall–Kier alpha value is -3.15. The van der Waals surface area contributed by atoms with Crippen molar-refractivity contribution >= 4 is 17.2 Å². The van der Waals surface area contributed by atoms with Crippen LogP contribution in [0, 0.1) is 5.82 Å². The molecule has 1 amide bonds. The maximum absolute atomic E-state index is 13.4. The molecule has 0 spiro atoms. The minimum absolute atomic E-state index is 0.0394. The molecule has 12 heteroatoms. The van der Waals surface area contributed by atoms with Gasteiger partial charge in [0.2, 0.25) is 0 Å². The third-order valence-corrected chi connectivity index (χ3v) is 5.11. The number of alkyl halides is 6. The summed E-state index contributed by atoms with van der Waals surface area (Å²) in [5.74, 6) is -2.18. The Morgan fingerprint density at radius 2 is 1.75 bits per heavy atom. The number of hydrogen-bond acceptors (Lipinski definition) is 4. The molecule has 3 rings (SSSR count). The van der Waals surface area contributed by atoms with Crippen molar-refractivity contribution in [1.29, 1.82) is 0 Å². The average Bonchev–Trinajstić information content (AvgIpc) is 3.13. The van der Waals surface area contributed by atoms with Gasteiger partial charge in [-0.1, -0.05) is 24.3 Å². The zero-order valence-corrected chi connectivity index (χ0v) is 16.7. The second-order valence-electron chi connectivity index (χ2n) is 6.41. The maximum Gasteiger partial charge on any atom is 0.573 e. The van der Waals surface area contributed by atoms with E-state index in [0.29, 0.717) is 16.9 Å². The normalized spacial score (nSPS) is 12.0. The number of aromatic nitrogens is 1. The molecule has 0 saturated heterocycles. The highest BCUT2D eigenvalue weighted by Crippen LogP contribution is 2.37. The van der Waals surface area contributed by atoms with E-state index in [1.807, 2.05) is 0 Å². The van der Waals surface area contributed by atoms with Gasteiger partial charge in [0.1, 0.15) is 21.5 Å². The van der Waals surface area contributed by atoms with Gasteiger partial charge < -0.3 is 10.1 Å². The number of benzene rings is 2. The van der Waals surface area contributed by atoms with E-state index in [1.165, 1.54) is 24.3 Å². The summed E-state index contributed by atoms with van der Waals surface area (Å²) in [6, 6.07) is 9.77. The van der Waals surface area contributed by atoms with Gasteiger partial charge in [0.05, 0.1) is 0 Å². The summed E-state index contributed by atoms with van der Waals surface area (Å²) in [6.45, 7) is -0.154. The van der Waals surface area contributed by atoms with Crippen LogP contribution in [0.4, 0.5) is 30.7 Å². The number of nitrogens with one attached hydrogen (secondary N) is 1. The summed E-state index contributed by atoms with van der Waals surface area (Å²) < 4.78 is 94.2. The number of thiazole rings is 1. The van der Waals surface area contributed by atoms with E-state index in [-0.39, 0.29) is 23.5 Å². The third-order valence-electron chi connectivity index (χ3n) is 4.00. The highest BCUT2D eigenvalue weighted by molar-refractivity contribution is 7.17. The predicted octanol–water partition coefficient (Wildman–Crippen LogP) is 5.84. The number of nitrogens with zero attached hydrogens (tertiary/aromatic N) is 1. The Labute approximate surface area is 180 Å². The van der Waals surface area contributed by atoms with Crippen LogP contribution in [0.1, 0.15) is 20.9 Å². The van der Waals surface area contributed by atoms with Gasteiger partial charge in [-0.15, -0.1) is 24.5 Å². The van der Waals surface area contributed by atoms with Crippen LogP contribution in [0.3, 0.4) is 0 Å². The fraction of sp³-hybridized carbons (Fsp3) is 0.200. The van der Waals surface area contributed by atoms with Crippen LogP contribution in [0.2, 0.25) is 0 Å². The number of amides is 1. The zero-order valence-electron chi connectivity index (χ0n) is 15.9. The number of carbonyl (C=O) groups excluding carboxylic acids is 1. The molecule has 0 aliphatic heterocycles. The van der Waals surface area contributed by atoms with Crippen molar-refractivity contribution in [3.63, 3.8) is 0 Å². The van der Waals surface area contributed by atoms with Gasteiger partial charge >= 0.3 is 12.5 Å². The van der Waals surface area contributed by atoms with E-state index in [4.69, 9.17) is 0 Å². The molecule has 0 radical (unpaired) electrons. The van der Waals surface area contributed by atoms with Gasteiger partial charge in [-0.3, -0.25) is 4.79 Å². The van der Waals surface area contributed by atoms with Crippen molar-refractivity contribution in [3.05, 3.63) is 70.5 Å². The quantitative estimate of drug-likeness (QED) is 0.453. The van der Waals surface area contributed by atoms with Crippen molar-refractivity contribution < 1.29 is 40.3 Å². The molecule has 0 saturated carbocycles. The maximum atomic E-state index is 13.4. The van der Waals surface area contributed by atoms with E-state index in [2.05, 4.69) is 15.0 Å². The van der Waals surface area contributed by atoms with Gasteiger partial charge in [0.25, 0.3) is 5.91 Å². The first-order chi connectivity index (χ1) is 14.9. The summed E-state index contributed by atoms with van der Waals surface area (Å²) >= 11 is 0.457. The lowest BCUT2D eigenvalue weighted by Crippen LogP contribution is -2.27. The van der Waals surface area contributed by atoms with Crippen molar-refractivity contribution in [1.82, 2.24) is 10.3 Å². The molecular weight excluding hydrogens is 465 g/mol. The van der Waals surface area contributed by atoms with Crippen LogP contribution in [0.25, 0.3) is 10.6 Å². The predicted molar refractivity (Wildman–Crippen MR) is 102 cm³/mol. The monoisotopic (exact) mass is 478 g/mol. The lowest BCUT2D eigenvalue weighted by Gasteiger charge is -2.10. The van der Waals surface area contributed by atoms with Crippen molar-refractivity contribution in [2.75, 3.05) is 6.54 Å². The van der Waals surface area contributed by atoms with Crippen LogP contribution in [-0.4, -0.2) is 23.8 Å². The fourth-order valence-corrected chi connectivity index (χ4v) is 3.71. The SMILES string of the molecule is O=C(NCCc1cccc(OC(F)(F)F)c1)c1sc(-c2cccc(F)c2)nc1C(F)(F)F. The third kappa shape index (κ3) is 6.19. The zero-order chi connectivity index (χ0) is 23.5. The minimum Gasteiger partial charge on any atom is -0.406 e. The second-order valence-corrected chi connectivity index (χ2v) is 7.41. The molecule has 0 bridgehead atoms. The number of ether oxygens (including phenoxy) is 1. The Morgan fingerprint density at radius 1 is 1.03 bits per heavy atom. The molecule has 3 aromatic rings. The lowest BCUT2D eigenvalue weighted by atomic mass is 10.1. The minimum atomic E-state index is -4.92. The van der Waals surface area contributed by atoms with Gasteiger partial charge in [-0.25, -0.2) is 9.37 Å². The molecule has 0 fully saturated rings. The highest BCUT2D eigenvalue weighted by atomic mass is 32.1. The summed E-state index contributed by atoms with van der Waals surface area (Å²) in [4.78, 5) is 15.1. The Kier molecular flexibility index (Phi) is 6.72. The van der Waals surface area contributed by atoms with Crippen LogP contribution in [0.5, 0.6) is 5.75 Å². The van der Waals surface area contributed by atoms with E-state index >= 15 is 0 Å². The smallest absolute Gasteiger partial charge is 0.406 e. The molecule has 4 nitrogen and oxygen atoms in total. The van der Waals surface area contributed by atoms with Crippen LogP contribution >= 0.6 is 11.3 Å². The average molecular weight is 478 g/mol. The van der Waals surface area contributed by atoms with Crippen molar-refractivity contribution in [2.24, 2.45) is 0 Å². The molecular formula is C20H13F7N2O2S. The molecule has 1 N–H and O–H groups in total. The van der Waals surface area contributed by atoms with Crippen LogP contribution in [-0.2, 0) is 12.6 Å². The van der Waals surface area contributed by atoms with Gasteiger partial charge in [-0.05, 0) is 36.2 Å². The van der Waals surface area contributed by atoms with E-state index in [9.17, 15) is 35.5 Å². The van der Waals surface area contributed by atoms with Gasteiger partial charge in [-0.2, -0.15) is 13.2 Å². The lowest BCUT2D eigenvalue weighted by molar-refractivity contribution is -0.274. The molecule has 1 aromatic heterocycles. The summed E-state index contributed by atoms with van der Waals surface area (Å²) in [5, 5.41) is 2.12. The van der Waals surface area contributed by atoms with Crippen molar-refractivity contribution in [2.45, 2.75) is 19.0 Å². The van der Waals surface area contributed by atoms with Crippen LogP contribution < -0.4 is 10.1 Å². The molecule has 1 heterocycles. The van der Waals surface area contributed by atoms with E-state index in [1.54, 1.807) is 0 Å². The molecule has 2 aromatic carbocycles. The molecule has 0 atom stereocenters. The molecule has 170 valence electrons. The number of carbonyl (C=O) groups is 1. The van der Waals surface area contributed by atoms with Gasteiger partial charge in [0, 0.05) is 12.1 Å². The van der Waals surface area contributed by atoms with Gasteiger partial charge in [0.15, 0.2) is 5.69 Å². The largest absolute Gasteiger partial charge is 0.573 e. The Balaban J connectivity index is 1.73. The summed E-state index contributed by atoms with van der Waals surface area (Å²) in [7, 11) is 0. The molecule has 32 heavy (non-hydrogen) atoms. The van der Waals surface area contributed by atoms with E-state index < -0.39 is 40.6 Å². The first-order valence-corrected chi connectivity index (χ1v) is 9.71. The summed E-state index contributed by atoms with van der Waals surface area (Å²) in [6.07, 6.45) is -9.75. The van der Waals surface area contributed by atoms with Crippen molar-refractivity contribution in [3.8, 4) is 16.3 Å². The first kappa shape index (κ1) is 23.5. The van der Waals surface area contributed by atoms with Crippen LogP contribution in [0.15, 0.2) is 48.5 Å². The number of hydrogen-bond donors (Lipinski definition) is 1. The summed E-state index contributed by atoms with van der Waals surface area (Å²) in [5.41, 5.74) is -0.950. The number of rotatable bonds is 6. The Morgan fingerprint density at radius 3 is 2.41 bits per heavy atom. The molecule has 0 aliphatic carbocycles.